The van der Waals surface area contributed by atoms with Crippen LogP contribution in [0.25, 0.3) is 0 Å². The number of hydrogen-bond donors (Lipinski definition) is 2. The van der Waals surface area contributed by atoms with Crippen LogP contribution in [0.2, 0.25) is 0 Å². The van der Waals surface area contributed by atoms with E-state index in [-0.39, 0.29) is 11.3 Å². The first-order chi connectivity index (χ1) is 9.10. The zero-order chi connectivity index (χ0) is 13.9. The van der Waals surface area contributed by atoms with Gasteiger partial charge in [0.2, 0.25) is 5.91 Å². The summed E-state index contributed by atoms with van der Waals surface area (Å²) in [6, 6.07) is 0. The molecule has 2 N–H and O–H groups in total. The van der Waals surface area contributed by atoms with Crippen LogP contribution in [0.1, 0.15) is 40.0 Å². The molecule has 2 aliphatic rings. The number of carbonyl (C=O) groups is 1. The lowest BCUT2D eigenvalue weighted by molar-refractivity contribution is -0.132. The van der Waals surface area contributed by atoms with Crippen LogP contribution in [0.5, 0.6) is 0 Å². The van der Waals surface area contributed by atoms with E-state index in [0.717, 1.165) is 45.5 Å². The van der Waals surface area contributed by atoms with Crippen LogP contribution in [0.15, 0.2) is 0 Å². The third-order valence-electron chi connectivity index (χ3n) is 5.02. The molecule has 0 aliphatic carbocycles. The Morgan fingerprint density at radius 3 is 2.89 bits per heavy atom. The minimum Gasteiger partial charge on any atom is -0.378 e. The van der Waals surface area contributed by atoms with Crippen molar-refractivity contribution in [2.45, 2.75) is 46.1 Å². The van der Waals surface area contributed by atoms with Crippen molar-refractivity contribution in [3.63, 3.8) is 0 Å². The standard InChI is InChI=1S/C15H28N2O2/c1-4-13-12(5-8-19-13)9-17-14(18)15(11(2)3)6-7-16-10-15/h11-13,16H,4-10H2,1-3H3,(H,17,18). The summed E-state index contributed by atoms with van der Waals surface area (Å²) in [5.41, 5.74) is -0.207. The van der Waals surface area contributed by atoms with Gasteiger partial charge in [0, 0.05) is 25.6 Å². The van der Waals surface area contributed by atoms with Gasteiger partial charge in [-0.05, 0) is 31.7 Å². The molecule has 0 aromatic heterocycles. The van der Waals surface area contributed by atoms with Crippen LogP contribution in [-0.2, 0) is 9.53 Å². The maximum absolute atomic E-state index is 12.6. The summed E-state index contributed by atoms with van der Waals surface area (Å²) < 4.78 is 5.68. The monoisotopic (exact) mass is 268 g/mol. The van der Waals surface area contributed by atoms with Crippen molar-refractivity contribution in [1.82, 2.24) is 10.6 Å². The third kappa shape index (κ3) is 2.95. The zero-order valence-electron chi connectivity index (χ0n) is 12.5. The van der Waals surface area contributed by atoms with E-state index in [1.165, 1.54) is 0 Å². The highest BCUT2D eigenvalue weighted by molar-refractivity contribution is 5.83. The topological polar surface area (TPSA) is 50.4 Å². The third-order valence-corrected chi connectivity index (χ3v) is 5.02. The van der Waals surface area contributed by atoms with Crippen LogP contribution in [0, 0.1) is 17.3 Å². The lowest BCUT2D eigenvalue weighted by Crippen LogP contribution is -2.47. The molecule has 1 amide bonds. The minimum absolute atomic E-state index is 0.207. The number of ether oxygens (including phenoxy) is 1. The summed E-state index contributed by atoms with van der Waals surface area (Å²) in [5.74, 6) is 1.10. The quantitative estimate of drug-likeness (QED) is 0.795. The Kier molecular flexibility index (Phi) is 4.85. The van der Waals surface area contributed by atoms with Gasteiger partial charge >= 0.3 is 0 Å². The summed E-state index contributed by atoms with van der Waals surface area (Å²) in [6.07, 6.45) is 3.40. The molecule has 0 aromatic rings. The summed E-state index contributed by atoms with van der Waals surface area (Å²) in [4.78, 5) is 12.6. The van der Waals surface area contributed by atoms with E-state index in [2.05, 4.69) is 31.4 Å². The molecule has 3 atom stereocenters. The van der Waals surface area contributed by atoms with Gasteiger partial charge in [0.05, 0.1) is 11.5 Å². The van der Waals surface area contributed by atoms with Gasteiger partial charge in [-0.1, -0.05) is 20.8 Å². The van der Waals surface area contributed by atoms with Gasteiger partial charge in [-0.25, -0.2) is 0 Å². The molecule has 0 radical (unpaired) electrons. The highest BCUT2D eigenvalue weighted by atomic mass is 16.5. The molecule has 0 aromatic carbocycles. The Hall–Kier alpha value is -0.610. The molecular formula is C15H28N2O2. The molecule has 2 heterocycles. The predicted octanol–water partition coefficient (Wildman–Crippen LogP) is 1.55. The van der Waals surface area contributed by atoms with Crippen molar-refractivity contribution in [3.05, 3.63) is 0 Å². The van der Waals surface area contributed by atoms with Crippen molar-refractivity contribution in [2.24, 2.45) is 17.3 Å². The molecule has 19 heavy (non-hydrogen) atoms. The van der Waals surface area contributed by atoms with E-state index in [9.17, 15) is 4.79 Å². The summed E-state index contributed by atoms with van der Waals surface area (Å²) in [7, 11) is 0. The maximum Gasteiger partial charge on any atom is 0.227 e. The minimum atomic E-state index is -0.207. The van der Waals surface area contributed by atoms with E-state index in [1.807, 2.05) is 0 Å². The van der Waals surface area contributed by atoms with Crippen molar-refractivity contribution >= 4 is 5.91 Å². The molecule has 4 heteroatoms. The highest BCUT2D eigenvalue weighted by Gasteiger charge is 2.44. The van der Waals surface area contributed by atoms with E-state index in [4.69, 9.17) is 4.74 Å². The Morgan fingerprint density at radius 2 is 2.32 bits per heavy atom. The summed E-state index contributed by atoms with van der Waals surface area (Å²) >= 11 is 0. The van der Waals surface area contributed by atoms with Gasteiger partial charge in [0.15, 0.2) is 0 Å². The first-order valence-electron chi connectivity index (χ1n) is 7.70. The molecule has 2 fully saturated rings. The lowest BCUT2D eigenvalue weighted by Gasteiger charge is -2.32. The zero-order valence-corrected chi connectivity index (χ0v) is 12.5. The second-order valence-corrected chi connectivity index (χ2v) is 6.31. The van der Waals surface area contributed by atoms with E-state index in [0.29, 0.717) is 17.9 Å². The Morgan fingerprint density at radius 1 is 1.53 bits per heavy atom. The largest absolute Gasteiger partial charge is 0.378 e. The summed E-state index contributed by atoms with van der Waals surface area (Å²) in [6.45, 7) is 9.84. The average molecular weight is 268 g/mol. The SMILES string of the molecule is CCC1OCCC1CNC(=O)C1(C(C)C)CCNC1. The molecular weight excluding hydrogens is 240 g/mol. The highest BCUT2D eigenvalue weighted by Crippen LogP contribution is 2.34. The van der Waals surface area contributed by atoms with Gasteiger partial charge in [-0.3, -0.25) is 4.79 Å². The van der Waals surface area contributed by atoms with Crippen molar-refractivity contribution in [1.29, 1.82) is 0 Å². The number of carbonyl (C=O) groups excluding carboxylic acids is 1. The second-order valence-electron chi connectivity index (χ2n) is 6.31. The predicted molar refractivity (Wildman–Crippen MR) is 75.9 cm³/mol. The molecule has 110 valence electrons. The Bertz CT molecular complexity index is 311. The Labute approximate surface area is 116 Å². The molecule has 0 bridgehead atoms. The van der Waals surface area contributed by atoms with Crippen LogP contribution < -0.4 is 10.6 Å². The number of amides is 1. The first kappa shape index (κ1) is 14.8. The Balaban J connectivity index is 1.89. The molecule has 0 saturated carbocycles. The van der Waals surface area contributed by atoms with Crippen LogP contribution >= 0.6 is 0 Å². The fourth-order valence-corrected chi connectivity index (χ4v) is 3.44. The van der Waals surface area contributed by atoms with Crippen molar-refractivity contribution < 1.29 is 9.53 Å². The van der Waals surface area contributed by atoms with Crippen LogP contribution in [0.4, 0.5) is 0 Å². The van der Waals surface area contributed by atoms with Gasteiger partial charge in [-0.2, -0.15) is 0 Å². The number of hydrogen-bond acceptors (Lipinski definition) is 3. The first-order valence-corrected chi connectivity index (χ1v) is 7.70. The van der Waals surface area contributed by atoms with Gasteiger partial charge in [0.25, 0.3) is 0 Å². The van der Waals surface area contributed by atoms with Crippen LogP contribution in [0.3, 0.4) is 0 Å². The van der Waals surface area contributed by atoms with Crippen molar-refractivity contribution in [3.8, 4) is 0 Å². The van der Waals surface area contributed by atoms with Crippen LogP contribution in [-0.4, -0.2) is 38.3 Å². The van der Waals surface area contributed by atoms with Gasteiger partial charge in [0.1, 0.15) is 0 Å². The van der Waals surface area contributed by atoms with Gasteiger partial charge in [-0.15, -0.1) is 0 Å². The molecule has 4 nitrogen and oxygen atoms in total. The number of nitrogens with one attached hydrogen (secondary N) is 2. The fourth-order valence-electron chi connectivity index (χ4n) is 3.44. The molecule has 3 unspecified atom stereocenters. The van der Waals surface area contributed by atoms with Gasteiger partial charge < -0.3 is 15.4 Å². The fraction of sp³-hybridized carbons (Fsp3) is 0.933. The van der Waals surface area contributed by atoms with E-state index >= 15 is 0 Å². The van der Waals surface area contributed by atoms with Crippen molar-refractivity contribution in [2.75, 3.05) is 26.2 Å². The lowest BCUT2D eigenvalue weighted by atomic mass is 9.75. The number of rotatable bonds is 5. The van der Waals surface area contributed by atoms with E-state index in [1.54, 1.807) is 0 Å². The molecule has 0 spiro atoms. The molecule has 2 rings (SSSR count). The second kappa shape index (κ2) is 6.23. The maximum atomic E-state index is 12.6. The smallest absolute Gasteiger partial charge is 0.227 e. The van der Waals surface area contributed by atoms with E-state index < -0.39 is 0 Å². The average Bonchev–Trinajstić information content (AvgIpc) is 3.05. The molecule has 2 saturated heterocycles. The molecule has 2 aliphatic heterocycles. The normalized spacial score (nSPS) is 34.9. The summed E-state index contributed by atoms with van der Waals surface area (Å²) in [5, 5.41) is 6.53.